The SMILES string of the molecule is CCCCCC1CC[N-]CC1.CCCCCC1CC[N-]CC1.N#C[S-].N#C[S-].[Cd]. The minimum atomic E-state index is 0. The number of hydrogen-bond donors (Lipinski definition) is 0. The van der Waals surface area contributed by atoms with Crippen LogP contribution in [0.4, 0.5) is 0 Å². The van der Waals surface area contributed by atoms with Crippen LogP contribution < -0.4 is 0 Å². The van der Waals surface area contributed by atoms with E-state index in [1.807, 2.05) is 0 Å². The fourth-order valence-corrected chi connectivity index (χ4v) is 3.55. The van der Waals surface area contributed by atoms with Gasteiger partial charge in [-0.1, -0.05) is 102 Å². The molecule has 4 nitrogen and oxygen atoms in total. The Balaban J connectivity index is -0.000000358. The normalized spacial score (nSPS) is 16.0. The van der Waals surface area contributed by atoms with Crippen LogP contribution in [0.2, 0.25) is 0 Å². The molecule has 0 aliphatic carbocycles. The van der Waals surface area contributed by atoms with Gasteiger partial charge >= 0.3 is 0 Å². The Hall–Kier alpha value is 0.262. The van der Waals surface area contributed by atoms with Crippen LogP contribution in [0.15, 0.2) is 0 Å². The van der Waals surface area contributed by atoms with Gasteiger partial charge in [0.15, 0.2) is 0 Å². The average molecular weight is 537 g/mol. The van der Waals surface area contributed by atoms with Crippen LogP contribution in [0.1, 0.15) is 90.9 Å². The van der Waals surface area contributed by atoms with Gasteiger partial charge in [0.1, 0.15) is 0 Å². The molecule has 2 rings (SSSR count). The summed E-state index contributed by atoms with van der Waals surface area (Å²) >= 11 is 7.40. The molecule has 7 heteroatoms. The van der Waals surface area contributed by atoms with Crippen molar-refractivity contribution >= 4 is 25.3 Å². The first-order valence-corrected chi connectivity index (χ1v) is 11.8. The summed E-state index contributed by atoms with van der Waals surface area (Å²) in [6.07, 6.45) is 16.8. The second kappa shape index (κ2) is 30.5. The van der Waals surface area contributed by atoms with Crippen molar-refractivity contribution in [3.63, 3.8) is 0 Å². The van der Waals surface area contributed by atoms with Crippen LogP contribution in [0, 0.1) is 33.2 Å². The minimum absolute atomic E-state index is 0. The summed E-state index contributed by atoms with van der Waals surface area (Å²) in [6.45, 7) is 9.09. The Morgan fingerprint density at radius 1 is 0.690 bits per heavy atom. The third-order valence-corrected chi connectivity index (χ3v) is 5.21. The van der Waals surface area contributed by atoms with E-state index >= 15 is 0 Å². The zero-order valence-electron chi connectivity index (χ0n) is 18.8. The van der Waals surface area contributed by atoms with Crippen LogP contribution in [0.5, 0.6) is 0 Å². The molecule has 0 aromatic heterocycles. The molecular weight excluding hydrogens is 497 g/mol. The molecule has 2 aliphatic heterocycles. The first-order chi connectivity index (χ1) is 13.7. The second-order valence-electron chi connectivity index (χ2n) is 7.40. The molecule has 0 spiro atoms. The number of nitrogens with zero attached hydrogens (tertiary/aromatic N) is 4. The van der Waals surface area contributed by atoms with Crippen molar-refractivity contribution in [1.82, 2.24) is 0 Å². The molecule has 2 aliphatic rings. The number of piperidine rings is 2. The molecular formula is C22H40CdN4S2-4. The van der Waals surface area contributed by atoms with Crippen molar-refractivity contribution in [2.45, 2.75) is 90.9 Å². The molecule has 0 aromatic carbocycles. The van der Waals surface area contributed by atoms with E-state index in [4.69, 9.17) is 10.5 Å². The van der Waals surface area contributed by atoms with E-state index in [1.165, 1.54) is 87.9 Å². The number of unbranched alkanes of at least 4 members (excludes halogenated alkanes) is 4. The van der Waals surface area contributed by atoms with Gasteiger partial charge in [0.25, 0.3) is 0 Å². The van der Waals surface area contributed by atoms with E-state index in [-0.39, 0.29) is 27.3 Å². The predicted molar refractivity (Wildman–Crippen MR) is 126 cm³/mol. The molecule has 0 radical (unpaired) electrons. The van der Waals surface area contributed by atoms with Gasteiger partial charge in [-0.2, -0.15) is 0 Å². The van der Waals surface area contributed by atoms with Crippen LogP contribution in [-0.2, 0) is 52.6 Å². The van der Waals surface area contributed by atoms with Gasteiger partial charge < -0.3 is 35.9 Å². The van der Waals surface area contributed by atoms with Crippen molar-refractivity contribution in [3.05, 3.63) is 10.6 Å². The summed E-state index contributed by atoms with van der Waals surface area (Å²) in [4.78, 5) is 0. The van der Waals surface area contributed by atoms with Gasteiger partial charge in [0, 0.05) is 27.3 Å². The topological polar surface area (TPSA) is 75.8 Å². The van der Waals surface area contributed by atoms with Crippen LogP contribution in [-0.4, -0.2) is 26.2 Å². The van der Waals surface area contributed by atoms with Crippen molar-refractivity contribution < 1.29 is 27.3 Å². The van der Waals surface area contributed by atoms with Crippen molar-refractivity contribution in [1.29, 1.82) is 10.5 Å². The maximum absolute atomic E-state index is 7.13. The molecule has 29 heavy (non-hydrogen) atoms. The monoisotopic (exact) mass is 538 g/mol. The Labute approximate surface area is 212 Å². The summed E-state index contributed by atoms with van der Waals surface area (Å²) in [5.41, 5.74) is 0. The minimum Gasteiger partial charge on any atom is -0.696 e. The zero-order chi connectivity index (χ0) is 21.3. The van der Waals surface area contributed by atoms with E-state index in [0.29, 0.717) is 0 Å². The summed E-state index contributed by atoms with van der Waals surface area (Å²) < 4.78 is 0. The quantitative estimate of drug-likeness (QED) is 0.149. The standard InChI is InChI=1S/2C10H20N.2CHNS.Cd/c2*1-2-3-4-5-10-6-8-11-9-7-10;2*2-1-3;/h2*10H,2-9H2,1H3;2*3H;/q2*-1;;;/p-2. The first-order valence-electron chi connectivity index (χ1n) is 11.0. The van der Waals surface area contributed by atoms with E-state index < -0.39 is 0 Å². The first kappa shape index (κ1) is 33.9. The molecule has 0 saturated carbocycles. The van der Waals surface area contributed by atoms with E-state index in [2.05, 4.69) is 49.7 Å². The van der Waals surface area contributed by atoms with E-state index in [9.17, 15) is 0 Å². The zero-order valence-corrected chi connectivity index (χ0v) is 24.5. The van der Waals surface area contributed by atoms with Gasteiger partial charge in [-0.3, -0.25) is 0 Å². The molecule has 0 aromatic rings. The Morgan fingerprint density at radius 3 is 1.21 bits per heavy atom. The molecule has 2 saturated heterocycles. The van der Waals surface area contributed by atoms with E-state index in [1.54, 1.807) is 0 Å². The Bertz CT molecular complexity index is 338. The van der Waals surface area contributed by atoms with Crippen LogP contribution in [0.25, 0.3) is 10.6 Å². The summed E-state index contributed by atoms with van der Waals surface area (Å²) in [5, 5.41) is 25.6. The molecule has 0 unspecified atom stereocenters. The van der Waals surface area contributed by atoms with Gasteiger partial charge in [0.2, 0.25) is 0 Å². The maximum atomic E-state index is 7.13. The fourth-order valence-electron chi connectivity index (χ4n) is 3.55. The average Bonchev–Trinajstić information content (AvgIpc) is 2.72. The summed E-state index contributed by atoms with van der Waals surface area (Å²) in [6, 6.07) is 0. The molecule has 2 heterocycles. The van der Waals surface area contributed by atoms with Gasteiger partial charge in [-0.05, 0) is 11.8 Å². The predicted octanol–water partition coefficient (Wildman–Crippen LogP) is 6.73. The Morgan fingerprint density at radius 2 is 0.966 bits per heavy atom. The fraction of sp³-hybridized carbons (Fsp3) is 0.909. The molecule has 2 fully saturated rings. The summed E-state index contributed by atoms with van der Waals surface area (Å²) in [5.74, 6) is 2.03. The van der Waals surface area contributed by atoms with Crippen LogP contribution in [0.3, 0.4) is 0 Å². The number of hydrogen-bond acceptors (Lipinski definition) is 4. The number of nitriles is 2. The molecule has 0 amide bonds. The second-order valence-corrected chi connectivity index (χ2v) is 7.77. The van der Waals surface area contributed by atoms with Crippen LogP contribution >= 0.6 is 0 Å². The maximum Gasteiger partial charge on any atom is 0 e. The smallest absolute Gasteiger partial charge is 0 e. The third-order valence-electron chi connectivity index (χ3n) is 5.21. The largest absolute Gasteiger partial charge is 0.696 e. The number of rotatable bonds is 8. The third kappa shape index (κ3) is 28.3. The van der Waals surface area contributed by atoms with Crippen molar-refractivity contribution in [2.75, 3.05) is 26.2 Å². The molecule has 0 bridgehead atoms. The summed E-state index contributed by atoms with van der Waals surface area (Å²) in [7, 11) is 0. The molecule has 166 valence electrons. The van der Waals surface area contributed by atoms with Gasteiger partial charge in [0.05, 0.1) is 0 Å². The number of thiocyanates is 2. The molecule has 0 N–H and O–H groups in total. The van der Waals surface area contributed by atoms with Gasteiger partial charge in [-0.25, -0.2) is 10.5 Å². The van der Waals surface area contributed by atoms with Crippen molar-refractivity contribution in [2.24, 2.45) is 11.8 Å². The van der Waals surface area contributed by atoms with E-state index in [0.717, 1.165) is 38.0 Å². The Kier molecular flexibility index (Phi) is 35.6. The molecule has 0 atom stereocenters. The van der Waals surface area contributed by atoms with Gasteiger partial charge in [-0.15, -0.1) is 26.2 Å². The van der Waals surface area contributed by atoms with Crippen molar-refractivity contribution in [3.8, 4) is 10.8 Å².